The molecular weight excluding hydrogens is 258 g/mol. The summed E-state index contributed by atoms with van der Waals surface area (Å²) in [6.45, 7) is 15.3. The molecule has 0 radical (unpaired) electrons. The van der Waals surface area contributed by atoms with Crippen molar-refractivity contribution in [1.82, 2.24) is 19.4 Å². The van der Waals surface area contributed by atoms with Crippen LogP contribution >= 0.6 is 11.5 Å². The van der Waals surface area contributed by atoms with Crippen LogP contribution in [0.5, 0.6) is 0 Å². The summed E-state index contributed by atoms with van der Waals surface area (Å²) in [4.78, 5) is 5.02. The summed E-state index contributed by atoms with van der Waals surface area (Å²) in [5.41, 5.74) is 1.37. The second-order valence-electron chi connectivity index (χ2n) is 6.01. The largest absolute Gasteiger partial charge is 0.374 e. The molecular formula is C13H25N5S. The molecule has 2 rings (SSSR count). The molecule has 0 amide bonds. The van der Waals surface area contributed by atoms with Crippen LogP contribution in [-0.2, 0) is 6.54 Å². The summed E-state index contributed by atoms with van der Waals surface area (Å²) >= 11 is 1.46. The number of hydrogen-bond acceptors (Lipinski definition) is 6. The zero-order chi connectivity index (χ0) is 13.9. The monoisotopic (exact) mass is 283 g/mol. The number of nitrogens with one attached hydrogen (secondary N) is 1. The second kappa shape index (κ2) is 6.15. The molecule has 0 atom stereocenters. The highest BCUT2D eigenvalue weighted by atomic mass is 32.1. The minimum Gasteiger partial charge on any atom is -0.374 e. The Morgan fingerprint density at radius 2 is 1.89 bits per heavy atom. The molecule has 0 bridgehead atoms. The van der Waals surface area contributed by atoms with Crippen molar-refractivity contribution in [1.29, 1.82) is 0 Å². The van der Waals surface area contributed by atoms with Crippen molar-refractivity contribution in [3.63, 3.8) is 0 Å². The highest BCUT2D eigenvalue weighted by molar-refractivity contribution is 7.10. The van der Waals surface area contributed by atoms with E-state index in [4.69, 9.17) is 0 Å². The first kappa shape index (κ1) is 14.7. The van der Waals surface area contributed by atoms with Crippen molar-refractivity contribution in [2.24, 2.45) is 0 Å². The van der Waals surface area contributed by atoms with Crippen molar-refractivity contribution in [2.45, 2.75) is 39.8 Å². The van der Waals surface area contributed by atoms with E-state index in [9.17, 15) is 0 Å². The molecule has 1 aromatic heterocycles. The van der Waals surface area contributed by atoms with Crippen LogP contribution in [0.1, 0.15) is 33.4 Å². The summed E-state index contributed by atoms with van der Waals surface area (Å²) in [5.74, 6) is 0. The third-order valence-electron chi connectivity index (χ3n) is 3.59. The Kier molecular flexibility index (Phi) is 4.76. The number of nitrogens with zero attached hydrogens (tertiary/aromatic N) is 4. The third-order valence-corrected chi connectivity index (χ3v) is 4.31. The molecule has 108 valence electrons. The van der Waals surface area contributed by atoms with Crippen molar-refractivity contribution in [3.8, 4) is 0 Å². The predicted molar refractivity (Wildman–Crippen MR) is 80.7 cm³/mol. The van der Waals surface area contributed by atoms with E-state index in [1.165, 1.54) is 11.5 Å². The van der Waals surface area contributed by atoms with Crippen LogP contribution in [0.2, 0.25) is 0 Å². The highest BCUT2D eigenvalue weighted by Crippen LogP contribution is 2.21. The zero-order valence-electron chi connectivity index (χ0n) is 12.4. The zero-order valence-corrected chi connectivity index (χ0v) is 13.3. The Hall–Kier alpha value is -0.720. The lowest BCUT2D eigenvalue weighted by molar-refractivity contribution is 0.0586. The number of piperazine rings is 1. The lowest BCUT2D eigenvalue weighted by Crippen LogP contribution is -2.53. The van der Waals surface area contributed by atoms with E-state index in [0.29, 0.717) is 0 Å². The molecule has 0 spiro atoms. The molecule has 0 aromatic carbocycles. The average molecular weight is 283 g/mol. The number of anilines is 1. The normalized spacial score (nSPS) is 18.7. The van der Waals surface area contributed by atoms with Gasteiger partial charge in [-0.2, -0.15) is 0 Å². The van der Waals surface area contributed by atoms with Gasteiger partial charge >= 0.3 is 0 Å². The molecule has 2 heterocycles. The second-order valence-corrected chi connectivity index (χ2v) is 6.77. The fraction of sp³-hybridized carbons (Fsp3) is 0.846. The van der Waals surface area contributed by atoms with Crippen LogP contribution in [0.3, 0.4) is 0 Å². The molecule has 1 aromatic rings. The van der Waals surface area contributed by atoms with Gasteiger partial charge in [-0.3, -0.25) is 9.80 Å². The molecule has 1 aliphatic heterocycles. The van der Waals surface area contributed by atoms with Crippen molar-refractivity contribution < 1.29 is 0 Å². The van der Waals surface area contributed by atoms with E-state index >= 15 is 0 Å². The van der Waals surface area contributed by atoms with E-state index in [0.717, 1.165) is 50.0 Å². The van der Waals surface area contributed by atoms with Gasteiger partial charge in [0.1, 0.15) is 10.7 Å². The van der Waals surface area contributed by atoms with E-state index in [2.05, 4.69) is 52.4 Å². The first-order chi connectivity index (χ1) is 9.00. The van der Waals surface area contributed by atoms with Gasteiger partial charge in [0.2, 0.25) is 0 Å². The summed E-state index contributed by atoms with van der Waals surface area (Å²) in [5, 5.41) is 8.71. The Bertz CT molecular complexity index is 390. The van der Waals surface area contributed by atoms with Gasteiger partial charge in [0.25, 0.3) is 0 Å². The Morgan fingerprint density at radius 1 is 1.21 bits per heavy atom. The van der Waals surface area contributed by atoms with Crippen LogP contribution in [0, 0.1) is 0 Å². The molecule has 19 heavy (non-hydrogen) atoms. The fourth-order valence-corrected chi connectivity index (χ4v) is 3.04. The van der Waals surface area contributed by atoms with Gasteiger partial charge in [0.15, 0.2) is 0 Å². The molecule has 0 aliphatic carbocycles. The van der Waals surface area contributed by atoms with E-state index in [1.807, 2.05) is 0 Å². The number of hydrogen-bond donors (Lipinski definition) is 1. The van der Waals surface area contributed by atoms with Crippen LogP contribution in [0.25, 0.3) is 0 Å². The quantitative estimate of drug-likeness (QED) is 0.914. The number of rotatable bonds is 4. The van der Waals surface area contributed by atoms with Gasteiger partial charge in [-0.15, -0.1) is 5.10 Å². The first-order valence-corrected chi connectivity index (χ1v) is 7.80. The smallest absolute Gasteiger partial charge is 0.134 e. The Labute approximate surface area is 120 Å². The van der Waals surface area contributed by atoms with Gasteiger partial charge < -0.3 is 5.32 Å². The summed E-state index contributed by atoms with van der Waals surface area (Å²) < 4.78 is 4.05. The van der Waals surface area contributed by atoms with Crippen LogP contribution in [0.15, 0.2) is 0 Å². The minimum absolute atomic E-state index is 0.281. The lowest BCUT2D eigenvalue weighted by atomic mass is 10.0. The Morgan fingerprint density at radius 3 is 2.47 bits per heavy atom. The fourth-order valence-electron chi connectivity index (χ4n) is 2.40. The average Bonchev–Trinajstić information content (AvgIpc) is 2.77. The minimum atomic E-state index is 0.281. The van der Waals surface area contributed by atoms with Crippen molar-refractivity contribution in [2.75, 3.05) is 38.0 Å². The van der Waals surface area contributed by atoms with Crippen LogP contribution in [-0.4, -0.2) is 57.6 Å². The topological polar surface area (TPSA) is 44.3 Å². The maximum Gasteiger partial charge on any atom is 0.134 e. The van der Waals surface area contributed by atoms with Gasteiger partial charge in [-0.05, 0) is 27.7 Å². The van der Waals surface area contributed by atoms with E-state index in [-0.39, 0.29) is 5.54 Å². The molecule has 1 aliphatic rings. The van der Waals surface area contributed by atoms with Crippen molar-refractivity contribution in [3.05, 3.63) is 5.69 Å². The predicted octanol–water partition coefficient (Wildman–Crippen LogP) is 1.89. The van der Waals surface area contributed by atoms with Gasteiger partial charge in [-0.25, -0.2) is 0 Å². The molecule has 1 saturated heterocycles. The summed E-state index contributed by atoms with van der Waals surface area (Å²) in [7, 11) is 0. The maximum absolute atomic E-state index is 4.25. The molecule has 0 unspecified atom stereocenters. The van der Waals surface area contributed by atoms with Crippen molar-refractivity contribution >= 4 is 16.5 Å². The van der Waals surface area contributed by atoms with Gasteiger partial charge in [0.05, 0.1) is 0 Å². The molecule has 1 fully saturated rings. The molecule has 5 nitrogen and oxygen atoms in total. The molecule has 6 heteroatoms. The van der Waals surface area contributed by atoms with Gasteiger partial charge in [0, 0.05) is 56.3 Å². The lowest BCUT2D eigenvalue weighted by Gasteiger charge is -2.42. The molecule has 0 saturated carbocycles. The summed E-state index contributed by atoms with van der Waals surface area (Å²) in [6, 6.07) is 0. The first-order valence-electron chi connectivity index (χ1n) is 7.03. The maximum atomic E-state index is 4.25. The summed E-state index contributed by atoms with van der Waals surface area (Å²) in [6.07, 6.45) is 0. The van der Waals surface area contributed by atoms with Crippen LogP contribution in [0.4, 0.5) is 5.00 Å². The van der Waals surface area contributed by atoms with Gasteiger partial charge in [-0.1, -0.05) is 4.49 Å². The number of aromatic nitrogens is 2. The standard InChI is InChI=1S/C13H25N5S/c1-5-14-12-11(15-16-19-12)10-17-6-8-18(9-7-17)13(2,3)4/h14H,5-10H2,1-4H3. The van der Waals surface area contributed by atoms with E-state index in [1.54, 1.807) is 0 Å². The van der Waals surface area contributed by atoms with E-state index < -0.39 is 0 Å². The molecule has 1 N–H and O–H groups in total. The Balaban J connectivity index is 1.87. The van der Waals surface area contributed by atoms with Crippen LogP contribution < -0.4 is 5.32 Å². The highest BCUT2D eigenvalue weighted by Gasteiger charge is 2.26. The third kappa shape index (κ3) is 3.87. The SMILES string of the molecule is CCNc1snnc1CN1CCN(C(C)(C)C)CC1.